The Hall–Kier alpha value is -0.140. The summed E-state index contributed by atoms with van der Waals surface area (Å²) >= 11 is 9.02. The molecular formula is C10H11BrClNO3S. The molecule has 1 fully saturated rings. The molecular weight excluding hydrogens is 330 g/mol. The average Bonchev–Trinajstić information content (AvgIpc) is 2.73. The molecule has 1 aliphatic rings. The molecule has 1 aromatic carbocycles. The highest BCUT2D eigenvalue weighted by Crippen LogP contribution is 2.25. The first-order chi connectivity index (χ1) is 7.99. The lowest BCUT2D eigenvalue weighted by atomic mass is 10.3. The van der Waals surface area contributed by atoms with Crippen LogP contribution < -0.4 is 4.72 Å². The van der Waals surface area contributed by atoms with Crippen LogP contribution in [0.4, 0.5) is 0 Å². The third-order valence-electron chi connectivity index (χ3n) is 2.45. The first-order valence-electron chi connectivity index (χ1n) is 5.04. The highest BCUT2D eigenvalue weighted by molar-refractivity contribution is 9.10. The Kier molecular flexibility index (Phi) is 4.10. The summed E-state index contributed by atoms with van der Waals surface area (Å²) in [6, 6.07) is 4.37. The number of halogens is 2. The third kappa shape index (κ3) is 3.20. The van der Waals surface area contributed by atoms with Crippen molar-refractivity contribution in [3.63, 3.8) is 0 Å². The van der Waals surface area contributed by atoms with E-state index < -0.39 is 10.0 Å². The van der Waals surface area contributed by atoms with Crippen LogP contribution in [-0.4, -0.2) is 27.7 Å². The van der Waals surface area contributed by atoms with Gasteiger partial charge in [-0.25, -0.2) is 13.1 Å². The first kappa shape index (κ1) is 13.3. The summed E-state index contributed by atoms with van der Waals surface area (Å²) < 4.78 is 32.3. The molecule has 1 atom stereocenters. The summed E-state index contributed by atoms with van der Waals surface area (Å²) in [7, 11) is -3.50. The minimum atomic E-state index is -3.50. The molecule has 0 aromatic heterocycles. The van der Waals surface area contributed by atoms with Crippen LogP contribution >= 0.6 is 27.5 Å². The minimum absolute atomic E-state index is 0.144. The monoisotopic (exact) mass is 339 g/mol. The summed E-state index contributed by atoms with van der Waals surface area (Å²) in [6.07, 6.45) is 0.702. The lowest BCUT2D eigenvalue weighted by molar-refractivity contribution is 0.192. The van der Waals surface area contributed by atoms with Crippen molar-refractivity contribution in [1.29, 1.82) is 0 Å². The molecule has 0 amide bonds. The fourth-order valence-electron chi connectivity index (χ4n) is 1.56. The molecule has 0 bridgehead atoms. The van der Waals surface area contributed by atoms with Gasteiger partial charge in [0.2, 0.25) is 10.0 Å². The van der Waals surface area contributed by atoms with Crippen molar-refractivity contribution in [2.24, 2.45) is 0 Å². The molecule has 1 saturated heterocycles. The van der Waals surface area contributed by atoms with Gasteiger partial charge in [0.15, 0.2) is 0 Å². The Labute approximate surface area is 113 Å². The Bertz CT molecular complexity index is 514. The largest absolute Gasteiger partial charge is 0.380 e. The molecule has 1 heterocycles. The first-order valence-corrected chi connectivity index (χ1v) is 7.69. The Morgan fingerprint density at radius 3 is 2.82 bits per heavy atom. The van der Waals surface area contributed by atoms with E-state index in [1.54, 1.807) is 6.07 Å². The van der Waals surface area contributed by atoms with Crippen LogP contribution in [-0.2, 0) is 14.8 Å². The molecule has 0 radical (unpaired) electrons. The molecule has 4 nitrogen and oxygen atoms in total. The van der Waals surface area contributed by atoms with Crippen molar-refractivity contribution in [3.05, 3.63) is 27.7 Å². The van der Waals surface area contributed by atoms with Crippen molar-refractivity contribution in [2.75, 3.05) is 13.2 Å². The summed E-state index contributed by atoms with van der Waals surface area (Å²) in [6.45, 7) is 1.02. The third-order valence-corrected chi connectivity index (χ3v) is 5.18. The van der Waals surface area contributed by atoms with E-state index >= 15 is 0 Å². The number of hydrogen-bond acceptors (Lipinski definition) is 3. The molecule has 0 saturated carbocycles. The second-order valence-corrected chi connectivity index (χ2v) is 6.73. The summed E-state index contributed by atoms with van der Waals surface area (Å²) in [4.78, 5) is 0.195. The zero-order valence-electron chi connectivity index (χ0n) is 8.82. The van der Waals surface area contributed by atoms with Crippen LogP contribution in [0.2, 0.25) is 5.02 Å². The van der Waals surface area contributed by atoms with Crippen LogP contribution in [0.25, 0.3) is 0 Å². The van der Waals surface area contributed by atoms with E-state index in [1.165, 1.54) is 12.1 Å². The quantitative estimate of drug-likeness (QED) is 0.917. The summed E-state index contributed by atoms with van der Waals surface area (Å²) in [5.74, 6) is 0. The van der Waals surface area contributed by atoms with Crippen LogP contribution in [0.1, 0.15) is 6.42 Å². The number of rotatable bonds is 3. The van der Waals surface area contributed by atoms with Crippen LogP contribution in [0, 0.1) is 0 Å². The van der Waals surface area contributed by atoms with Crippen molar-refractivity contribution < 1.29 is 13.2 Å². The van der Waals surface area contributed by atoms with Crippen molar-refractivity contribution in [3.8, 4) is 0 Å². The van der Waals surface area contributed by atoms with Gasteiger partial charge in [-0.15, -0.1) is 0 Å². The predicted octanol–water partition coefficient (Wildman–Crippen LogP) is 2.17. The standard InChI is InChI=1S/C10H11BrClNO3S/c11-9-5-8(1-2-10(9)12)17(14,15)13-7-3-4-16-6-7/h1-2,5,7,13H,3-4,6H2. The lowest BCUT2D eigenvalue weighted by Crippen LogP contribution is -2.34. The van der Waals surface area contributed by atoms with Gasteiger partial charge in [-0.05, 0) is 40.5 Å². The highest BCUT2D eigenvalue weighted by atomic mass is 79.9. The fraction of sp³-hybridized carbons (Fsp3) is 0.400. The molecule has 0 aliphatic carbocycles. The van der Waals surface area contributed by atoms with Crippen LogP contribution in [0.3, 0.4) is 0 Å². The van der Waals surface area contributed by atoms with E-state index in [1.807, 2.05) is 0 Å². The zero-order chi connectivity index (χ0) is 12.5. The average molecular weight is 341 g/mol. The molecule has 17 heavy (non-hydrogen) atoms. The molecule has 1 N–H and O–H groups in total. The predicted molar refractivity (Wildman–Crippen MR) is 68.7 cm³/mol. The Morgan fingerprint density at radius 2 is 2.24 bits per heavy atom. The van der Waals surface area contributed by atoms with Gasteiger partial charge in [0.25, 0.3) is 0 Å². The van der Waals surface area contributed by atoms with Gasteiger partial charge in [-0.1, -0.05) is 11.6 Å². The van der Waals surface area contributed by atoms with Crippen molar-refractivity contribution >= 4 is 37.6 Å². The number of benzene rings is 1. The van der Waals surface area contributed by atoms with E-state index in [4.69, 9.17) is 16.3 Å². The normalized spacial score (nSPS) is 20.7. The minimum Gasteiger partial charge on any atom is -0.380 e. The van der Waals surface area contributed by atoms with E-state index in [9.17, 15) is 8.42 Å². The SMILES string of the molecule is O=S(=O)(NC1CCOC1)c1ccc(Cl)c(Br)c1. The maximum absolute atomic E-state index is 12.0. The van der Waals surface area contributed by atoms with Crippen molar-refractivity contribution in [1.82, 2.24) is 4.72 Å². The Balaban J connectivity index is 2.21. The second-order valence-electron chi connectivity index (χ2n) is 3.76. The fourth-order valence-corrected chi connectivity index (χ4v) is 3.49. The maximum Gasteiger partial charge on any atom is 0.240 e. The number of sulfonamides is 1. The molecule has 0 spiro atoms. The van der Waals surface area contributed by atoms with Gasteiger partial charge in [0.05, 0.1) is 16.5 Å². The zero-order valence-corrected chi connectivity index (χ0v) is 12.0. The molecule has 1 unspecified atom stereocenters. The highest BCUT2D eigenvalue weighted by Gasteiger charge is 2.23. The lowest BCUT2D eigenvalue weighted by Gasteiger charge is -2.11. The number of nitrogens with one attached hydrogen (secondary N) is 1. The van der Waals surface area contributed by atoms with Gasteiger partial charge in [0, 0.05) is 17.1 Å². The van der Waals surface area contributed by atoms with Gasteiger partial charge in [-0.3, -0.25) is 0 Å². The summed E-state index contributed by atoms with van der Waals surface area (Å²) in [5.41, 5.74) is 0. The maximum atomic E-state index is 12.0. The Morgan fingerprint density at radius 1 is 1.47 bits per heavy atom. The summed E-state index contributed by atoms with van der Waals surface area (Å²) in [5, 5.41) is 0.480. The second kappa shape index (κ2) is 5.24. The van der Waals surface area contributed by atoms with Crippen molar-refractivity contribution in [2.45, 2.75) is 17.4 Å². The molecule has 1 aromatic rings. The van der Waals surface area contributed by atoms with Gasteiger partial charge >= 0.3 is 0 Å². The van der Waals surface area contributed by atoms with Crippen LogP contribution in [0.5, 0.6) is 0 Å². The smallest absolute Gasteiger partial charge is 0.240 e. The van der Waals surface area contributed by atoms with Gasteiger partial charge < -0.3 is 4.74 Å². The van der Waals surface area contributed by atoms with E-state index in [2.05, 4.69) is 20.7 Å². The van der Waals surface area contributed by atoms with E-state index in [0.29, 0.717) is 29.1 Å². The van der Waals surface area contributed by atoms with Crippen LogP contribution in [0.15, 0.2) is 27.6 Å². The van der Waals surface area contributed by atoms with Gasteiger partial charge in [-0.2, -0.15) is 0 Å². The molecule has 1 aliphatic heterocycles. The topological polar surface area (TPSA) is 55.4 Å². The van der Waals surface area contributed by atoms with E-state index in [0.717, 1.165) is 0 Å². The number of ether oxygens (including phenoxy) is 1. The van der Waals surface area contributed by atoms with Gasteiger partial charge in [0.1, 0.15) is 0 Å². The molecule has 2 rings (SSSR count). The van der Waals surface area contributed by atoms with E-state index in [-0.39, 0.29) is 10.9 Å². The number of hydrogen-bond donors (Lipinski definition) is 1. The molecule has 7 heteroatoms. The molecule has 94 valence electrons.